The van der Waals surface area contributed by atoms with Gasteiger partial charge in [-0.25, -0.2) is 9.79 Å². The molecule has 2 heterocycles. The van der Waals surface area contributed by atoms with Gasteiger partial charge in [0.15, 0.2) is 16.3 Å². The Balaban J connectivity index is 2.03. The summed E-state index contributed by atoms with van der Waals surface area (Å²) in [4.78, 5) is 32.4. The fraction of sp³-hybridized carbons (Fsp3) is 0.296. The zero-order valence-electron chi connectivity index (χ0n) is 21.8. The van der Waals surface area contributed by atoms with Crippen LogP contribution in [-0.2, 0) is 9.53 Å². The minimum atomic E-state index is -0.806. The van der Waals surface area contributed by atoms with E-state index in [1.54, 1.807) is 37.7 Å². The van der Waals surface area contributed by atoms with E-state index in [9.17, 15) is 9.59 Å². The molecule has 39 heavy (non-hydrogen) atoms. The van der Waals surface area contributed by atoms with Crippen molar-refractivity contribution in [1.82, 2.24) is 4.57 Å². The molecular weight excluding hydrogens is 814 g/mol. The Bertz CT molecular complexity index is 1660. The van der Waals surface area contributed by atoms with Crippen molar-refractivity contribution in [1.29, 1.82) is 0 Å². The Morgan fingerprint density at radius 3 is 2.46 bits per heavy atom. The number of hydrogen-bond donors (Lipinski definition) is 0. The molecule has 0 aliphatic carbocycles. The molecule has 2 aromatic carbocycles. The quantitative estimate of drug-likeness (QED) is 0.230. The van der Waals surface area contributed by atoms with Gasteiger partial charge in [0.05, 0.1) is 52.8 Å². The summed E-state index contributed by atoms with van der Waals surface area (Å²) in [6.07, 6.45) is 1.82. The van der Waals surface area contributed by atoms with Crippen molar-refractivity contribution in [3.8, 4) is 17.2 Å². The highest BCUT2D eigenvalue weighted by molar-refractivity contribution is 14.1. The third kappa shape index (κ3) is 5.93. The summed E-state index contributed by atoms with van der Waals surface area (Å²) in [6.45, 7) is 6.09. The summed E-state index contributed by atoms with van der Waals surface area (Å²) >= 11 is 9.37. The van der Waals surface area contributed by atoms with Crippen LogP contribution in [0, 0.1) is 7.14 Å². The lowest BCUT2D eigenvalue weighted by Crippen LogP contribution is -2.40. The number of rotatable bonds is 8. The van der Waals surface area contributed by atoms with Crippen molar-refractivity contribution in [3.63, 3.8) is 0 Å². The van der Waals surface area contributed by atoms with Gasteiger partial charge in [0, 0.05) is 13.6 Å². The highest BCUT2D eigenvalue weighted by Gasteiger charge is 2.35. The zero-order valence-corrected chi connectivity index (χ0v) is 28.5. The number of nitrogens with zero attached hydrogens (tertiary/aromatic N) is 2. The van der Waals surface area contributed by atoms with Crippen LogP contribution in [0.4, 0.5) is 0 Å². The summed E-state index contributed by atoms with van der Waals surface area (Å²) in [5, 5.41) is 0. The first kappa shape index (κ1) is 30.1. The number of hydrogen-bond acceptors (Lipinski definition) is 8. The van der Waals surface area contributed by atoms with E-state index in [-0.39, 0.29) is 17.7 Å². The van der Waals surface area contributed by atoms with E-state index in [2.05, 4.69) is 66.1 Å². The smallest absolute Gasteiger partial charge is 0.338 e. The van der Waals surface area contributed by atoms with Crippen LogP contribution in [0.2, 0.25) is 0 Å². The predicted octanol–water partition coefficient (Wildman–Crippen LogP) is 5.19. The summed E-state index contributed by atoms with van der Waals surface area (Å²) in [7, 11) is 3.08. The van der Waals surface area contributed by atoms with Crippen molar-refractivity contribution in [2.75, 3.05) is 27.4 Å². The summed E-state index contributed by atoms with van der Waals surface area (Å²) in [5.41, 5.74) is 1.91. The first-order valence-corrected chi connectivity index (χ1v) is 15.6. The molecule has 0 spiro atoms. The van der Waals surface area contributed by atoms with Crippen molar-refractivity contribution >= 4 is 84.5 Å². The average molecular weight is 839 g/mol. The number of esters is 1. The Morgan fingerprint density at radius 2 is 1.82 bits per heavy atom. The van der Waals surface area contributed by atoms with Gasteiger partial charge in [0.1, 0.15) is 5.75 Å². The molecule has 0 bridgehead atoms. The van der Waals surface area contributed by atoms with Gasteiger partial charge in [0.25, 0.3) is 5.56 Å². The molecule has 0 radical (unpaired) electrons. The van der Waals surface area contributed by atoms with Crippen molar-refractivity contribution < 1.29 is 23.7 Å². The number of fused-ring (bicyclic) bond motifs is 1. The molecule has 4 rings (SSSR count). The summed E-state index contributed by atoms with van der Waals surface area (Å²) in [6, 6.07) is 6.71. The van der Waals surface area contributed by atoms with Crippen molar-refractivity contribution in [2.24, 2.45) is 4.99 Å². The lowest BCUT2D eigenvalue weighted by molar-refractivity contribution is -0.139. The van der Waals surface area contributed by atoms with Crippen molar-refractivity contribution in [2.45, 2.75) is 26.8 Å². The van der Waals surface area contributed by atoms with Crippen LogP contribution in [0.1, 0.15) is 37.9 Å². The molecule has 1 aromatic heterocycles. The van der Waals surface area contributed by atoms with E-state index >= 15 is 0 Å². The van der Waals surface area contributed by atoms with Crippen LogP contribution in [0.25, 0.3) is 6.08 Å². The van der Waals surface area contributed by atoms with E-state index in [1.165, 1.54) is 18.4 Å². The van der Waals surface area contributed by atoms with E-state index in [0.29, 0.717) is 48.9 Å². The van der Waals surface area contributed by atoms with Crippen LogP contribution >= 0.6 is 72.4 Å². The van der Waals surface area contributed by atoms with E-state index in [1.807, 2.05) is 25.1 Å². The largest absolute Gasteiger partial charge is 0.493 e. The normalized spacial score (nSPS) is 15.1. The molecule has 0 N–H and O–H groups in total. The van der Waals surface area contributed by atoms with Gasteiger partial charge in [0.2, 0.25) is 0 Å². The van der Waals surface area contributed by atoms with Gasteiger partial charge in [-0.2, -0.15) is 0 Å². The second kappa shape index (κ2) is 12.7. The number of carbonyl (C=O) groups excluding carboxylic acids is 1. The minimum absolute atomic E-state index is 0.186. The van der Waals surface area contributed by atoms with Gasteiger partial charge in [-0.15, -0.1) is 0 Å². The summed E-state index contributed by atoms with van der Waals surface area (Å²) in [5.74, 6) is 1.15. The number of methoxy groups -OCH3 is 2. The average Bonchev–Trinajstić information content (AvgIpc) is 3.19. The van der Waals surface area contributed by atoms with Gasteiger partial charge in [-0.3, -0.25) is 9.36 Å². The third-order valence-electron chi connectivity index (χ3n) is 5.93. The summed E-state index contributed by atoms with van der Waals surface area (Å²) < 4.78 is 26.9. The maximum absolute atomic E-state index is 14.1. The Kier molecular flexibility index (Phi) is 9.81. The van der Waals surface area contributed by atoms with Crippen LogP contribution < -0.4 is 29.1 Å². The second-order valence-electron chi connectivity index (χ2n) is 8.27. The third-order valence-corrected chi connectivity index (χ3v) is 9.02. The topological polar surface area (TPSA) is 88.4 Å². The van der Waals surface area contributed by atoms with Crippen LogP contribution in [0.15, 0.2) is 49.8 Å². The molecule has 0 saturated heterocycles. The second-order valence-corrected chi connectivity index (χ2v) is 12.5. The Hall–Kier alpha value is -1.91. The molecule has 1 atom stereocenters. The molecule has 3 aromatic rings. The molecule has 8 nitrogen and oxygen atoms in total. The van der Waals surface area contributed by atoms with Gasteiger partial charge in [-0.1, -0.05) is 27.3 Å². The fourth-order valence-electron chi connectivity index (χ4n) is 4.29. The SMILES string of the molecule is CCOC(=O)C1=C(C)N=c2s/c(=C\c3cc(I)cc(I)c3OCC)c(=O)n2[C@H]1c1cc(OC)c(OC)cc1Br. The number of carbonyl (C=O) groups is 1. The van der Waals surface area contributed by atoms with Crippen LogP contribution in [-0.4, -0.2) is 38.0 Å². The molecule has 1 aliphatic heterocycles. The number of aromatic nitrogens is 1. The van der Waals surface area contributed by atoms with Crippen LogP contribution in [0.3, 0.4) is 0 Å². The van der Waals surface area contributed by atoms with Crippen LogP contribution in [0.5, 0.6) is 17.2 Å². The minimum Gasteiger partial charge on any atom is -0.493 e. The maximum Gasteiger partial charge on any atom is 0.338 e. The number of ether oxygens (including phenoxy) is 4. The standard InChI is InChI=1S/C27H25BrI2N2O6S/c1-6-37-24-14(8-15(29)10-18(24)30)9-21-25(33)32-23(16-11-19(35-4)20(36-5)12-17(16)28)22(26(34)38-7-2)13(3)31-27(32)39-21/h8-12,23H,6-7H2,1-5H3/b21-9-/t23-/m0/s1. The van der Waals surface area contributed by atoms with E-state index in [0.717, 1.165) is 12.7 Å². The lowest BCUT2D eigenvalue weighted by Gasteiger charge is -2.26. The Labute approximate surface area is 265 Å². The molecule has 0 amide bonds. The molecular formula is C27H25BrI2N2O6S. The number of allylic oxidation sites excluding steroid dienone is 1. The predicted molar refractivity (Wildman–Crippen MR) is 171 cm³/mol. The molecule has 0 unspecified atom stereocenters. The number of thiazole rings is 1. The molecule has 0 saturated carbocycles. The zero-order chi connectivity index (χ0) is 28.4. The van der Waals surface area contributed by atoms with Crippen molar-refractivity contribution in [3.05, 3.63) is 78.0 Å². The number of benzene rings is 2. The highest BCUT2D eigenvalue weighted by atomic mass is 127. The highest BCUT2D eigenvalue weighted by Crippen LogP contribution is 2.41. The van der Waals surface area contributed by atoms with Gasteiger partial charge < -0.3 is 18.9 Å². The fourth-order valence-corrected chi connectivity index (χ4v) is 7.91. The number of halogens is 3. The van der Waals surface area contributed by atoms with Gasteiger partial charge in [-0.05, 0) is 102 Å². The lowest BCUT2D eigenvalue weighted by atomic mass is 9.95. The first-order chi connectivity index (χ1) is 18.6. The van der Waals surface area contributed by atoms with Gasteiger partial charge >= 0.3 is 5.97 Å². The first-order valence-electron chi connectivity index (χ1n) is 11.9. The molecule has 0 fully saturated rings. The monoisotopic (exact) mass is 838 g/mol. The van der Waals surface area contributed by atoms with E-state index in [4.69, 9.17) is 18.9 Å². The Morgan fingerprint density at radius 1 is 1.13 bits per heavy atom. The molecule has 12 heteroatoms. The molecule has 1 aliphatic rings. The van der Waals surface area contributed by atoms with E-state index < -0.39 is 12.0 Å². The molecule has 206 valence electrons. The maximum atomic E-state index is 14.1.